The number of alkyl carbamates (subject to hydrolysis) is 2. The molecule has 0 bridgehead atoms. The molecule has 4 amide bonds. The van der Waals surface area contributed by atoms with E-state index in [0.29, 0.717) is 25.9 Å². The van der Waals surface area contributed by atoms with Crippen molar-refractivity contribution in [2.45, 2.75) is 127 Å². The summed E-state index contributed by atoms with van der Waals surface area (Å²) in [4.78, 5) is 73.8. The quantitative estimate of drug-likeness (QED) is 0.0832. The monoisotopic (exact) mass is 1050 g/mol. The predicted octanol–water partition coefficient (Wildman–Crippen LogP) is 11.5. The van der Waals surface area contributed by atoms with E-state index in [2.05, 4.69) is 96.8 Å². The molecule has 0 saturated carbocycles. The van der Waals surface area contributed by atoms with E-state index in [-0.39, 0.29) is 34.7 Å². The maximum atomic E-state index is 14.2. The Hall–Kier alpha value is -8.00. The molecule has 5 aromatic carbocycles. The van der Waals surface area contributed by atoms with Crippen LogP contribution in [-0.4, -0.2) is 93.1 Å². The first-order valence-electron chi connectivity index (χ1n) is 27.6. The molecule has 2 aromatic heterocycles. The van der Waals surface area contributed by atoms with Gasteiger partial charge in [0.2, 0.25) is 11.8 Å². The van der Waals surface area contributed by atoms with Crippen molar-refractivity contribution in [3.8, 4) is 44.8 Å². The van der Waals surface area contributed by atoms with Crippen LogP contribution in [0.25, 0.3) is 44.8 Å². The molecule has 7 aromatic rings. The maximum absolute atomic E-state index is 14.2. The first-order valence-corrected chi connectivity index (χ1v) is 27.6. The highest BCUT2D eigenvalue weighted by molar-refractivity contribution is 5.89. The molecule has 4 aliphatic rings. The van der Waals surface area contributed by atoms with Crippen molar-refractivity contribution in [3.63, 3.8) is 0 Å². The van der Waals surface area contributed by atoms with Gasteiger partial charge in [-0.15, -0.1) is 0 Å². The van der Waals surface area contributed by atoms with E-state index in [0.717, 1.165) is 96.7 Å². The van der Waals surface area contributed by atoms with Gasteiger partial charge in [-0.3, -0.25) is 9.59 Å². The number of imidazole rings is 2. The molecule has 11 rings (SSSR count). The highest BCUT2D eigenvalue weighted by Crippen LogP contribution is 2.56. The van der Waals surface area contributed by atoms with Gasteiger partial charge in [-0.25, -0.2) is 19.6 Å². The van der Waals surface area contributed by atoms with Gasteiger partial charge in [0.1, 0.15) is 23.7 Å². The number of aromatic nitrogens is 4. The van der Waals surface area contributed by atoms with Crippen molar-refractivity contribution >= 4 is 24.0 Å². The number of benzene rings is 5. The Labute approximate surface area is 456 Å². The van der Waals surface area contributed by atoms with E-state index in [9.17, 15) is 19.2 Å². The van der Waals surface area contributed by atoms with Crippen molar-refractivity contribution in [2.75, 3.05) is 27.3 Å². The molecule has 4 atom stereocenters. The lowest BCUT2D eigenvalue weighted by atomic mass is 9.73. The summed E-state index contributed by atoms with van der Waals surface area (Å²) in [5, 5.41) is 5.58. The normalized spacial score (nSPS) is 18.7. The number of aromatic amines is 2. The zero-order valence-corrected chi connectivity index (χ0v) is 45.6. The zero-order chi connectivity index (χ0) is 54.3. The number of H-pyrrole nitrogens is 2. The molecule has 2 unspecified atom stereocenters. The lowest BCUT2D eigenvalue weighted by Gasteiger charge is -2.30. The van der Waals surface area contributed by atoms with Crippen molar-refractivity contribution in [1.29, 1.82) is 0 Å². The average molecular weight is 1050 g/mol. The second kappa shape index (κ2) is 21.4. The largest absolute Gasteiger partial charge is 0.453 e. The fourth-order valence-corrected chi connectivity index (χ4v) is 13.1. The average Bonchev–Trinajstić information content (AvgIpc) is 4.40. The third kappa shape index (κ3) is 10.1. The number of nitrogens with zero attached hydrogens (tertiary/aromatic N) is 4. The number of amides is 4. The standard InChI is InChI=1S/C64H70N8O6/c1-63(2)31-29-45-54(44-27-23-42(24-28-44)50-38-66-58(68-50)52-20-14-34-72(52)60(74)48(70-62(76)78-6)36-40-17-11-8-12-18-40)56-46(30-32-64(56,3)4)53(55(45)63)43-25-21-41(22-26-43)49-37-65-57(67-49)51-19-13-33-71(51)59(73)47(69-61(75)77-5)35-39-15-9-7-10-16-39/h7-12,15-18,21-28,37-38,47-48,51-52H,13-14,19-20,29-36H2,1-6H3,(H,65,67)(H,66,68)(H,69,75)(H,70,76)/t47?,48?,51-,52-/m0/s1. The van der Waals surface area contributed by atoms with E-state index < -0.39 is 24.3 Å². The molecule has 2 aliphatic heterocycles. The molecule has 0 radical (unpaired) electrons. The number of hydrogen-bond acceptors (Lipinski definition) is 8. The van der Waals surface area contributed by atoms with Gasteiger partial charge in [-0.2, -0.15) is 0 Å². The number of hydrogen-bond donors (Lipinski definition) is 4. The molecule has 2 saturated heterocycles. The van der Waals surface area contributed by atoms with Crippen LogP contribution in [0.3, 0.4) is 0 Å². The number of carbonyl (C=O) groups excluding carboxylic acids is 4. The second-order valence-corrected chi connectivity index (χ2v) is 22.9. The molecule has 4 heterocycles. The molecule has 14 heteroatoms. The van der Waals surface area contributed by atoms with Crippen LogP contribution in [-0.2, 0) is 55.6 Å². The molecule has 2 fully saturated rings. The van der Waals surface area contributed by atoms with Crippen LogP contribution in [0.5, 0.6) is 0 Å². The van der Waals surface area contributed by atoms with Gasteiger partial charge in [0.15, 0.2) is 0 Å². The summed E-state index contributed by atoms with van der Waals surface area (Å²) in [5.41, 5.74) is 16.7. The number of rotatable bonds is 14. The molecule has 14 nitrogen and oxygen atoms in total. The van der Waals surface area contributed by atoms with E-state index in [1.807, 2.05) is 82.9 Å². The molecular formula is C64H70N8O6. The Morgan fingerprint density at radius 2 is 0.936 bits per heavy atom. The van der Waals surface area contributed by atoms with E-state index in [1.54, 1.807) is 0 Å². The number of nitrogens with one attached hydrogen (secondary N) is 4. The minimum atomic E-state index is -0.779. The first kappa shape index (κ1) is 52.1. The van der Waals surface area contributed by atoms with Crippen molar-refractivity contribution in [3.05, 3.63) is 167 Å². The SMILES string of the molecule is COC(=O)NC(Cc1ccccc1)C(=O)N1CCC[C@H]1c1ncc(-c2ccc(-c3c4c(c(-c5ccc(-c6cnc([C@@H]7CCCN7C(=O)C(Cc7ccccc7)NC(=O)OC)[nH]6)cc5)c5c3C(C)(C)CC5)C(C)(C)CC4)cc2)[nH]1. The first-order chi connectivity index (χ1) is 37.7. The number of ether oxygens (including phenoxy) is 2. The van der Waals surface area contributed by atoms with Crippen LogP contribution >= 0.6 is 0 Å². The van der Waals surface area contributed by atoms with Crippen LogP contribution < -0.4 is 10.6 Å². The molecule has 402 valence electrons. The predicted molar refractivity (Wildman–Crippen MR) is 301 cm³/mol. The zero-order valence-electron chi connectivity index (χ0n) is 45.6. The Bertz CT molecular complexity index is 3120. The Kier molecular flexibility index (Phi) is 14.3. The van der Waals surface area contributed by atoms with Gasteiger partial charge in [0.25, 0.3) is 0 Å². The summed E-state index contributed by atoms with van der Waals surface area (Å²) in [5.74, 6) is 1.16. The van der Waals surface area contributed by atoms with Crippen molar-refractivity contribution in [2.24, 2.45) is 0 Å². The maximum Gasteiger partial charge on any atom is 0.407 e. The Morgan fingerprint density at radius 1 is 0.564 bits per heavy atom. The second-order valence-electron chi connectivity index (χ2n) is 22.9. The summed E-state index contributed by atoms with van der Waals surface area (Å²) >= 11 is 0. The lowest BCUT2D eigenvalue weighted by Crippen LogP contribution is -2.49. The number of fused-ring (bicyclic) bond motifs is 2. The van der Waals surface area contributed by atoms with Crippen LogP contribution in [0.4, 0.5) is 9.59 Å². The smallest absolute Gasteiger partial charge is 0.407 e. The minimum absolute atomic E-state index is 0.0338. The molecule has 78 heavy (non-hydrogen) atoms. The highest BCUT2D eigenvalue weighted by atomic mass is 16.5. The Balaban J connectivity index is 0.847. The molecule has 2 aliphatic carbocycles. The van der Waals surface area contributed by atoms with Gasteiger partial charge in [0.05, 0.1) is 50.1 Å². The molecular weight excluding hydrogens is 977 g/mol. The summed E-state index contributed by atoms with van der Waals surface area (Å²) in [6.07, 6.45) is 10.5. The number of carbonyl (C=O) groups is 4. The molecule has 0 spiro atoms. The third-order valence-electron chi connectivity index (χ3n) is 17.0. The van der Waals surface area contributed by atoms with Gasteiger partial charge < -0.3 is 39.9 Å². The van der Waals surface area contributed by atoms with Crippen LogP contribution in [0.15, 0.2) is 122 Å². The van der Waals surface area contributed by atoms with Crippen LogP contribution in [0.2, 0.25) is 0 Å². The lowest BCUT2D eigenvalue weighted by molar-refractivity contribution is -0.135. The topological polar surface area (TPSA) is 175 Å². The number of likely N-dealkylation sites (tertiary alicyclic amines) is 2. The van der Waals surface area contributed by atoms with Crippen LogP contribution in [0.1, 0.15) is 123 Å². The van der Waals surface area contributed by atoms with E-state index in [1.165, 1.54) is 58.7 Å². The van der Waals surface area contributed by atoms with Crippen molar-refractivity contribution < 1.29 is 28.7 Å². The van der Waals surface area contributed by atoms with E-state index >= 15 is 0 Å². The molecule has 4 N–H and O–H groups in total. The van der Waals surface area contributed by atoms with Gasteiger partial charge in [-0.05, 0) is 129 Å². The Morgan fingerprint density at radius 3 is 1.31 bits per heavy atom. The fraction of sp³-hybridized carbons (Fsp3) is 0.375. The fourth-order valence-electron chi connectivity index (χ4n) is 13.1. The minimum Gasteiger partial charge on any atom is -0.453 e. The summed E-state index contributed by atoms with van der Waals surface area (Å²) < 4.78 is 9.83. The van der Waals surface area contributed by atoms with Crippen LogP contribution in [0, 0.1) is 0 Å². The number of methoxy groups -OCH3 is 2. The van der Waals surface area contributed by atoms with Gasteiger partial charge in [0, 0.05) is 25.9 Å². The summed E-state index contributed by atoms with van der Waals surface area (Å²) in [7, 11) is 2.62. The third-order valence-corrected chi connectivity index (χ3v) is 17.0. The van der Waals surface area contributed by atoms with Gasteiger partial charge in [-0.1, -0.05) is 137 Å². The van der Waals surface area contributed by atoms with Gasteiger partial charge >= 0.3 is 12.2 Å². The highest BCUT2D eigenvalue weighted by Gasteiger charge is 2.44. The van der Waals surface area contributed by atoms with Crippen molar-refractivity contribution in [1.82, 2.24) is 40.4 Å². The summed E-state index contributed by atoms with van der Waals surface area (Å²) in [6.45, 7) is 10.8. The summed E-state index contributed by atoms with van der Waals surface area (Å²) in [6, 6.07) is 35.3. The van der Waals surface area contributed by atoms with E-state index in [4.69, 9.17) is 19.4 Å².